The summed E-state index contributed by atoms with van der Waals surface area (Å²) in [4.78, 5) is 27.7. The quantitative estimate of drug-likeness (QED) is 0.669. The highest BCUT2D eigenvalue weighted by Crippen LogP contribution is 2.32. The van der Waals surface area contributed by atoms with Crippen molar-refractivity contribution < 1.29 is 24.2 Å². The maximum absolute atomic E-state index is 12.2. The van der Waals surface area contributed by atoms with Crippen LogP contribution >= 0.6 is 0 Å². The Kier molecular flexibility index (Phi) is 4.25. The van der Waals surface area contributed by atoms with Crippen LogP contribution in [0.15, 0.2) is 45.6 Å². The number of amides is 1. The average molecular weight is 342 g/mol. The molecule has 25 heavy (non-hydrogen) atoms. The average Bonchev–Trinajstić information content (AvgIpc) is 2.56. The number of pyridine rings is 1. The second-order valence-electron chi connectivity index (χ2n) is 5.07. The Labute approximate surface area is 141 Å². The molecule has 0 aliphatic heterocycles. The third kappa shape index (κ3) is 3.37. The number of phenolic OH excluding ortho intramolecular Hbond substituents is 1. The van der Waals surface area contributed by atoms with Crippen molar-refractivity contribution in [1.29, 1.82) is 0 Å². The van der Waals surface area contributed by atoms with Crippen LogP contribution in [0, 0.1) is 0 Å². The van der Waals surface area contributed by atoms with Gasteiger partial charge < -0.3 is 19.4 Å². The third-order valence-corrected chi connectivity index (χ3v) is 3.34. The molecule has 0 bridgehead atoms. The number of aromatic hydroxyl groups is 2. The summed E-state index contributed by atoms with van der Waals surface area (Å²) in [6.07, 6.45) is -0.705. The topological polar surface area (TPSA) is 122 Å². The van der Waals surface area contributed by atoms with Gasteiger partial charge in [0.25, 0.3) is 0 Å². The van der Waals surface area contributed by atoms with Gasteiger partial charge in [-0.25, -0.2) is 9.78 Å². The van der Waals surface area contributed by atoms with Gasteiger partial charge in [0.05, 0.1) is 12.3 Å². The highest BCUT2D eigenvalue weighted by molar-refractivity contribution is 5.91. The number of ether oxygens (including phenoxy) is 1. The Morgan fingerprint density at radius 2 is 2.04 bits per heavy atom. The van der Waals surface area contributed by atoms with E-state index in [2.05, 4.69) is 10.3 Å². The van der Waals surface area contributed by atoms with E-state index in [0.717, 1.165) is 0 Å². The molecule has 0 saturated carbocycles. The standard InChI is InChI=1S/C17H14N2O6/c1-2-24-17(23)18-11-7-9(20)3-4-10(11)14-8-12(21)16-13(25-14)5-6-15(22)19-16/h3-8,20H,2H2,1H3,(H,18,23)(H,19,22). The molecule has 0 fully saturated rings. The van der Waals surface area contributed by atoms with Gasteiger partial charge in [0, 0.05) is 23.8 Å². The smallest absolute Gasteiger partial charge is 0.411 e. The highest BCUT2D eigenvalue weighted by atomic mass is 16.5. The van der Waals surface area contributed by atoms with Gasteiger partial charge in [-0.15, -0.1) is 0 Å². The van der Waals surface area contributed by atoms with Crippen LogP contribution < -0.4 is 10.7 Å². The van der Waals surface area contributed by atoms with E-state index in [0.29, 0.717) is 5.56 Å². The van der Waals surface area contributed by atoms with Crippen LogP contribution in [0.25, 0.3) is 22.4 Å². The number of nitrogens with one attached hydrogen (secondary N) is 1. The summed E-state index contributed by atoms with van der Waals surface area (Å²) in [6, 6.07) is 8.11. The number of carbonyl (C=O) groups is 1. The summed E-state index contributed by atoms with van der Waals surface area (Å²) in [6.45, 7) is 1.84. The van der Waals surface area contributed by atoms with E-state index in [1.165, 1.54) is 36.4 Å². The SMILES string of the molecule is CCOC(=O)Nc1cc(O)ccc1-c1cc(=O)c2nc(O)ccc2o1. The minimum atomic E-state index is -0.705. The predicted molar refractivity (Wildman–Crippen MR) is 89.7 cm³/mol. The van der Waals surface area contributed by atoms with Gasteiger partial charge >= 0.3 is 6.09 Å². The number of benzene rings is 1. The van der Waals surface area contributed by atoms with Crippen molar-refractivity contribution in [2.24, 2.45) is 0 Å². The fourth-order valence-electron chi connectivity index (χ4n) is 2.29. The summed E-state index contributed by atoms with van der Waals surface area (Å²) in [5.74, 6) is -0.205. The molecule has 8 nitrogen and oxygen atoms in total. The lowest BCUT2D eigenvalue weighted by atomic mass is 10.1. The van der Waals surface area contributed by atoms with Crippen LogP contribution in [-0.4, -0.2) is 27.9 Å². The van der Waals surface area contributed by atoms with Gasteiger partial charge in [0.15, 0.2) is 11.1 Å². The molecule has 0 aliphatic carbocycles. The van der Waals surface area contributed by atoms with Crippen molar-refractivity contribution in [3.8, 4) is 23.0 Å². The fraction of sp³-hybridized carbons (Fsp3) is 0.118. The summed E-state index contributed by atoms with van der Waals surface area (Å²) in [7, 11) is 0. The number of fused-ring (bicyclic) bond motifs is 1. The molecule has 8 heteroatoms. The Bertz CT molecular complexity index is 1010. The molecular weight excluding hydrogens is 328 g/mol. The van der Waals surface area contributed by atoms with Crippen LogP contribution in [0.1, 0.15) is 6.92 Å². The summed E-state index contributed by atoms with van der Waals surface area (Å²) < 4.78 is 10.5. The van der Waals surface area contributed by atoms with E-state index in [9.17, 15) is 19.8 Å². The van der Waals surface area contributed by atoms with Crippen molar-refractivity contribution >= 4 is 22.9 Å². The minimum absolute atomic E-state index is 0.0116. The van der Waals surface area contributed by atoms with Gasteiger partial charge in [-0.05, 0) is 25.1 Å². The van der Waals surface area contributed by atoms with Crippen molar-refractivity contribution in [3.63, 3.8) is 0 Å². The van der Waals surface area contributed by atoms with Gasteiger partial charge in [0.1, 0.15) is 11.5 Å². The number of hydrogen-bond acceptors (Lipinski definition) is 7. The first-order valence-corrected chi connectivity index (χ1v) is 7.39. The molecule has 0 unspecified atom stereocenters. The van der Waals surface area contributed by atoms with E-state index in [4.69, 9.17) is 9.15 Å². The molecule has 0 radical (unpaired) electrons. The van der Waals surface area contributed by atoms with Gasteiger partial charge in [-0.2, -0.15) is 0 Å². The number of aromatic nitrogens is 1. The normalized spacial score (nSPS) is 10.6. The third-order valence-electron chi connectivity index (χ3n) is 3.34. The first-order chi connectivity index (χ1) is 12.0. The molecule has 3 N–H and O–H groups in total. The molecular formula is C17H14N2O6. The van der Waals surface area contributed by atoms with E-state index >= 15 is 0 Å². The molecule has 2 aromatic heterocycles. The van der Waals surface area contributed by atoms with E-state index in [1.54, 1.807) is 6.92 Å². The zero-order valence-corrected chi connectivity index (χ0v) is 13.1. The van der Waals surface area contributed by atoms with Crippen molar-refractivity contribution in [2.45, 2.75) is 6.92 Å². The Morgan fingerprint density at radius 3 is 2.80 bits per heavy atom. The zero-order valence-electron chi connectivity index (χ0n) is 13.1. The molecule has 0 saturated heterocycles. The molecule has 0 spiro atoms. The summed E-state index contributed by atoms with van der Waals surface area (Å²) >= 11 is 0. The molecule has 128 valence electrons. The highest BCUT2D eigenvalue weighted by Gasteiger charge is 2.15. The second-order valence-corrected chi connectivity index (χ2v) is 5.07. The van der Waals surface area contributed by atoms with Crippen molar-refractivity contribution in [3.05, 3.63) is 46.6 Å². The lowest BCUT2D eigenvalue weighted by molar-refractivity contribution is 0.168. The molecule has 1 aromatic carbocycles. The molecule has 3 rings (SSSR count). The van der Waals surface area contributed by atoms with Crippen LogP contribution in [0.5, 0.6) is 11.6 Å². The van der Waals surface area contributed by atoms with Gasteiger partial charge in [-0.1, -0.05) is 0 Å². The Hall–Kier alpha value is -3.55. The number of anilines is 1. The predicted octanol–water partition coefficient (Wildman–Crippen LogP) is 2.83. The molecule has 1 amide bonds. The first kappa shape index (κ1) is 16.3. The summed E-state index contributed by atoms with van der Waals surface area (Å²) in [5, 5.41) is 21.5. The lowest BCUT2D eigenvalue weighted by Gasteiger charge is -2.11. The first-order valence-electron chi connectivity index (χ1n) is 7.39. The molecule has 0 atom stereocenters. The number of nitrogens with zero attached hydrogens (tertiary/aromatic N) is 1. The van der Waals surface area contributed by atoms with Crippen LogP contribution in [0.3, 0.4) is 0 Å². The van der Waals surface area contributed by atoms with Gasteiger partial charge in [-0.3, -0.25) is 10.1 Å². The van der Waals surface area contributed by atoms with E-state index in [-0.39, 0.29) is 40.8 Å². The largest absolute Gasteiger partial charge is 0.508 e. The monoisotopic (exact) mass is 342 g/mol. The van der Waals surface area contributed by atoms with Crippen molar-refractivity contribution in [1.82, 2.24) is 4.98 Å². The number of phenols is 1. The maximum Gasteiger partial charge on any atom is 0.411 e. The molecule has 0 aliphatic rings. The minimum Gasteiger partial charge on any atom is -0.508 e. The molecule has 2 heterocycles. The van der Waals surface area contributed by atoms with Crippen LogP contribution in [-0.2, 0) is 4.74 Å². The van der Waals surface area contributed by atoms with Crippen LogP contribution in [0.2, 0.25) is 0 Å². The van der Waals surface area contributed by atoms with Crippen LogP contribution in [0.4, 0.5) is 10.5 Å². The lowest BCUT2D eigenvalue weighted by Crippen LogP contribution is -2.14. The second kappa shape index (κ2) is 6.52. The number of hydrogen-bond donors (Lipinski definition) is 3. The number of rotatable bonds is 3. The van der Waals surface area contributed by atoms with Crippen molar-refractivity contribution in [2.75, 3.05) is 11.9 Å². The number of carbonyl (C=O) groups excluding carboxylic acids is 1. The fourth-order valence-corrected chi connectivity index (χ4v) is 2.29. The Morgan fingerprint density at radius 1 is 1.24 bits per heavy atom. The zero-order chi connectivity index (χ0) is 18.0. The van der Waals surface area contributed by atoms with E-state index < -0.39 is 11.5 Å². The summed E-state index contributed by atoms with van der Waals surface area (Å²) in [5.41, 5.74) is 0.297. The Balaban J connectivity index is 2.13. The van der Waals surface area contributed by atoms with E-state index in [1.807, 2.05) is 0 Å². The molecule has 3 aromatic rings. The van der Waals surface area contributed by atoms with Gasteiger partial charge in [0.2, 0.25) is 11.3 Å². The maximum atomic E-state index is 12.2.